The molecule has 0 spiro atoms. The Morgan fingerprint density at radius 2 is 1.72 bits per heavy atom. The number of carbonyl (C=O) groups excluding carboxylic acids is 2. The third-order valence-electron chi connectivity index (χ3n) is 5.88. The highest BCUT2D eigenvalue weighted by atomic mass is 35.5. The molecule has 0 saturated carbocycles. The summed E-state index contributed by atoms with van der Waals surface area (Å²) >= 11 is 7.18. The van der Waals surface area contributed by atoms with Gasteiger partial charge >= 0.3 is 5.97 Å². The lowest BCUT2D eigenvalue weighted by Gasteiger charge is -2.10. The van der Waals surface area contributed by atoms with E-state index in [0.717, 1.165) is 5.56 Å². The number of benzene rings is 3. The molecular formula is C30H22ClNO6S. The smallest absolute Gasteiger partial charge is 0.341 e. The predicted octanol–water partition coefficient (Wildman–Crippen LogP) is 7.04. The zero-order valence-electron chi connectivity index (χ0n) is 20.7. The van der Waals surface area contributed by atoms with E-state index in [1.54, 1.807) is 49.4 Å². The number of hydrogen-bond donors (Lipinski definition) is 1. The van der Waals surface area contributed by atoms with Crippen LogP contribution in [0.2, 0.25) is 5.02 Å². The van der Waals surface area contributed by atoms with Crippen LogP contribution in [0.3, 0.4) is 0 Å². The molecule has 1 amide bonds. The number of anilines is 1. The Balaban J connectivity index is 1.31. The minimum Gasteiger partial charge on any atom is -0.484 e. The maximum Gasteiger partial charge on any atom is 0.341 e. The SMILES string of the molecule is CCOC(=O)c1c(-c2ccccc2)csc1NC(=O)COc1ccc2c(=O)c(-c3ccc(Cl)cc3)coc2c1. The third-order valence-corrected chi connectivity index (χ3v) is 7.03. The van der Waals surface area contributed by atoms with Crippen molar-refractivity contribution in [3.05, 3.63) is 105 Å². The topological polar surface area (TPSA) is 94.8 Å². The Bertz CT molecular complexity index is 1710. The summed E-state index contributed by atoms with van der Waals surface area (Å²) in [5.74, 6) is -0.625. The highest BCUT2D eigenvalue weighted by Gasteiger charge is 2.23. The average Bonchev–Trinajstić information content (AvgIpc) is 3.37. The molecule has 9 heteroatoms. The quantitative estimate of drug-likeness (QED) is 0.205. The van der Waals surface area contributed by atoms with Gasteiger partial charge in [0, 0.05) is 22.0 Å². The lowest BCUT2D eigenvalue weighted by atomic mass is 10.0. The molecule has 0 atom stereocenters. The third kappa shape index (κ3) is 5.72. The molecule has 0 radical (unpaired) electrons. The second-order valence-corrected chi connectivity index (χ2v) is 9.74. The molecule has 2 heterocycles. The van der Waals surface area contributed by atoms with Gasteiger partial charge in [0.1, 0.15) is 28.2 Å². The molecule has 7 nitrogen and oxygen atoms in total. The summed E-state index contributed by atoms with van der Waals surface area (Å²) < 4.78 is 16.6. The first-order chi connectivity index (χ1) is 18.9. The standard InChI is InChI=1S/C30H22ClNO6S/c1-2-36-30(35)27-24(18-6-4-3-5-7-18)17-39-29(27)32-26(33)16-37-21-12-13-22-25(14-21)38-15-23(28(22)34)19-8-10-20(31)11-9-19/h3-15,17H,2,16H2,1H3,(H,32,33). The fourth-order valence-electron chi connectivity index (χ4n) is 4.02. The van der Waals surface area contributed by atoms with E-state index in [4.69, 9.17) is 25.5 Å². The Kier molecular flexibility index (Phi) is 7.76. The van der Waals surface area contributed by atoms with Crippen molar-refractivity contribution in [1.29, 1.82) is 0 Å². The molecule has 0 aliphatic heterocycles. The lowest BCUT2D eigenvalue weighted by Crippen LogP contribution is -2.21. The van der Waals surface area contributed by atoms with E-state index >= 15 is 0 Å². The molecule has 39 heavy (non-hydrogen) atoms. The number of halogens is 1. The molecular weight excluding hydrogens is 538 g/mol. The molecule has 0 fully saturated rings. The zero-order valence-corrected chi connectivity index (χ0v) is 22.3. The van der Waals surface area contributed by atoms with Crippen molar-refractivity contribution in [3.8, 4) is 28.0 Å². The van der Waals surface area contributed by atoms with E-state index < -0.39 is 11.9 Å². The molecule has 0 aliphatic carbocycles. The minimum atomic E-state index is -0.517. The second-order valence-electron chi connectivity index (χ2n) is 8.42. The first-order valence-corrected chi connectivity index (χ1v) is 13.3. The van der Waals surface area contributed by atoms with E-state index in [0.29, 0.717) is 49.0 Å². The lowest BCUT2D eigenvalue weighted by molar-refractivity contribution is -0.118. The molecule has 3 aromatic carbocycles. The van der Waals surface area contributed by atoms with Gasteiger partial charge in [0.15, 0.2) is 12.0 Å². The Morgan fingerprint density at radius 3 is 2.46 bits per heavy atom. The first-order valence-electron chi connectivity index (χ1n) is 12.0. The van der Waals surface area contributed by atoms with Gasteiger partial charge in [0.2, 0.25) is 0 Å². The van der Waals surface area contributed by atoms with E-state index in [2.05, 4.69) is 5.32 Å². The van der Waals surface area contributed by atoms with Crippen molar-refractivity contribution in [1.82, 2.24) is 0 Å². The summed E-state index contributed by atoms with van der Waals surface area (Å²) in [4.78, 5) is 38.5. The van der Waals surface area contributed by atoms with E-state index in [9.17, 15) is 14.4 Å². The fourth-order valence-corrected chi connectivity index (χ4v) is 5.12. The van der Waals surface area contributed by atoms with Gasteiger partial charge in [-0.15, -0.1) is 11.3 Å². The van der Waals surface area contributed by atoms with Crippen LogP contribution in [-0.2, 0) is 9.53 Å². The second kappa shape index (κ2) is 11.6. The molecule has 1 N–H and O–H groups in total. The number of rotatable bonds is 8. The first kappa shape index (κ1) is 26.2. The number of amides is 1. The number of fused-ring (bicyclic) bond motifs is 1. The van der Waals surface area contributed by atoms with E-state index in [1.807, 2.05) is 35.7 Å². The molecule has 0 unspecified atom stereocenters. The number of thiophene rings is 1. The Morgan fingerprint density at radius 1 is 0.974 bits per heavy atom. The van der Waals surface area contributed by atoms with E-state index in [1.165, 1.54) is 17.6 Å². The zero-order chi connectivity index (χ0) is 27.4. The van der Waals surface area contributed by atoms with Gasteiger partial charge in [-0.25, -0.2) is 4.79 Å². The van der Waals surface area contributed by atoms with Crippen molar-refractivity contribution < 1.29 is 23.5 Å². The normalized spacial score (nSPS) is 10.8. The number of esters is 1. The fraction of sp³-hybridized carbons (Fsp3) is 0.100. The monoisotopic (exact) mass is 559 g/mol. The largest absolute Gasteiger partial charge is 0.484 e. The molecule has 0 aliphatic rings. The summed E-state index contributed by atoms with van der Waals surface area (Å²) in [5, 5.41) is 5.89. The maximum atomic E-state index is 13.0. The summed E-state index contributed by atoms with van der Waals surface area (Å²) in [7, 11) is 0. The van der Waals surface area contributed by atoms with Gasteiger partial charge < -0.3 is 19.2 Å². The summed E-state index contributed by atoms with van der Waals surface area (Å²) in [6.45, 7) is 1.61. The molecule has 5 aromatic rings. The number of nitrogens with one attached hydrogen (secondary N) is 1. The van der Waals surface area contributed by atoms with Crippen LogP contribution in [0.25, 0.3) is 33.2 Å². The maximum absolute atomic E-state index is 13.0. The summed E-state index contributed by atoms with van der Waals surface area (Å²) in [6, 6.07) is 21.1. The van der Waals surface area contributed by atoms with Gasteiger partial charge in [-0.1, -0.05) is 54.1 Å². The van der Waals surface area contributed by atoms with Crippen molar-refractivity contribution in [2.24, 2.45) is 0 Å². The van der Waals surface area contributed by atoms with E-state index in [-0.39, 0.29) is 18.6 Å². The van der Waals surface area contributed by atoms with Crippen LogP contribution in [0.15, 0.2) is 93.7 Å². The number of carbonyl (C=O) groups is 2. The highest BCUT2D eigenvalue weighted by Crippen LogP contribution is 2.36. The van der Waals surface area contributed by atoms with Crippen molar-refractivity contribution in [3.63, 3.8) is 0 Å². The molecule has 196 valence electrons. The number of ether oxygens (including phenoxy) is 2. The molecule has 0 saturated heterocycles. The molecule has 0 bridgehead atoms. The van der Waals surface area contributed by atoms with Crippen LogP contribution >= 0.6 is 22.9 Å². The number of hydrogen-bond acceptors (Lipinski definition) is 7. The predicted molar refractivity (Wildman–Crippen MR) is 153 cm³/mol. The Labute approximate surface area is 232 Å². The van der Waals surface area contributed by atoms with Crippen LogP contribution in [-0.4, -0.2) is 25.1 Å². The summed E-state index contributed by atoms with van der Waals surface area (Å²) in [5.41, 5.74) is 3.05. The van der Waals surface area contributed by atoms with Crippen molar-refractivity contribution in [2.75, 3.05) is 18.5 Å². The minimum absolute atomic E-state index is 0.193. The van der Waals surface area contributed by atoms with Gasteiger partial charge in [0.05, 0.1) is 17.6 Å². The summed E-state index contributed by atoms with van der Waals surface area (Å²) in [6.07, 6.45) is 1.39. The highest BCUT2D eigenvalue weighted by molar-refractivity contribution is 7.15. The van der Waals surface area contributed by atoms with Crippen LogP contribution in [0.1, 0.15) is 17.3 Å². The van der Waals surface area contributed by atoms with Crippen molar-refractivity contribution in [2.45, 2.75) is 6.92 Å². The van der Waals surface area contributed by atoms with Crippen LogP contribution in [0.4, 0.5) is 5.00 Å². The van der Waals surface area contributed by atoms with Crippen molar-refractivity contribution >= 4 is 50.8 Å². The van der Waals surface area contributed by atoms with Gasteiger partial charge in [-0.3, -0.25) is 9.59 Å². The average molecular weight is 560 g/mol. The van der Waals surface area contributed by atoms with Gasteiger partial charge in [0.25, 0.3) is 5.91 Å². The van der Waals surface area contributed by atoms with Crippen LogP contribution in [0, 0.1) is 0 Å². The van der Waals surface area contributed by atoms with Gasteiger partial charge in [-0.2, -0.15) is 0 Å². The van der Waals surface area contributed by atoms with Crippen LogP contribution in [0.5, 0.6) is 5.75 Å². The Hall–Kier alpha value is -4.40. The molecule has 2 aromatic heterocycles. The van der Waals surface area contributed by atoms with Crippen LogP contribution < -0.4 is 15.5 Å². The van der Waals surface area contributed by atoms with Gasteiger partial charge in [-0.05, 0) is 42.3 Å². The molecule has 5 rings (SSSR count).